The predicted molar refractivity (Wildman–Crippen MR) is 51.5 cm³/mol. The summed E-state index contributed by atoms with van der Waals surface area (Å²) in [6.45, 7) is -0.760. The molecule has 0 saturated carbocycles. The Morgan fingerprint density at radius 2 is 1.43 bits per heavy atom. The van der Waals surface area contributed by atoms with E-state index in [4.69, 9.17) is 25.5 Å². The second-order valence-electron chi connectivity index (χ2n) is 2.36. The van der Waals surface area contributed by atoms with Gasteiger partial charge in [-0.1, -0.05) is 0 Å². The van der Waals surface area contributed by atoms with E-state index in [2.05, 4.69) is 0 Å². The van der Waals surface area contributed by atoms with Crippen molar-refractivity contribution in [1.29, 1.82) is 0 Å². The molecule has 0 aromatic rings. The van der Waals surface area contributed by atoms with Crippen LogP contribution in [0.25, 0.3) is 0 Å². The number of aldehydes is 1. The van der Waals surface area contributed by atoms with Crippen molar-refractivity contribution >= 4 is 65.4 Å². The van der Waals surface area contributed by atoms with E-state index in [9.17, 15) is 4.79 Å². The topological polar surface area (TPSA) is 118 Å². The van der Waals surface area contributed by atoms with Crippen molar-refractivity contribution in [3.05, 3.63) is 0 Å². The molecule has 0 bridgehead atoms. The molecule has 0 amide bonds. The van der Waals surface area contributed by atoms with Gasteiger partial charge >= 0.3 is 59.1 Å². The Balaban J connectivity index is -0.000000605. The van der Waals surface area contributed by atoms with E-state index in [0.717, 1.165) is 0 Å². The Labute approximate surface area is 126 Å². The Morgan fingerprint density at radius 1 is 1.00 bits per heavy atom. The Kier molecular flexibility index (Phi) is 16.3. The summed E-state index contributed by atoms with van der Waals surface area (Å²) < 4.78 is 0. The maximum atomic E-state index is 9.90. The van der Waals surface area contributed by atoms with Crippen LogP contribution in [0.5, 0.6) is 0 Å². The van der Waals surface area contributed by atoms with Crippen molar-refractivity contribution in [3.63, 3.8) is 0 Å². The van der Waals surface area contributed by atoms with Gasteiger partial charge in [0, 0.05) is 0 Å². The molecule has 0 aromatic heterocycles. The number of aliphatic hydroxyl groups is 5. The minimum atomic E-state index is -1.79. The van der Waals surface area contributed by atoms with Gasteiger partial charge in [-0.3, -0.25) is 0 Å². The molecule has 14 heavy (non-hydrogen) atoms. The molecule has 0 fully saturated rings. The Hall–Kier alpha value is 1.47. The molecule has 0 radical (unpaired) electrons. The minimum absolute atomic E-state index is 0. The number of aliphatic hydroxyl groups excluding tert-OH is 5. The van der Waals surface area contributed by atoms with Crippen molar-refractivity contribution < 1.29 is 30.3 Å². The molecule has 4 atom stereocenters. The molecule has 0 aliphatic carbocycles. The Morgan fingerprint density at radius 3 is 1.71 bits per heavy atom. The molecule has 0 heterocycles. The van der Waals surface area contributed by atoms with Crippen molar-refractivity contribution in [2.24, 2.45) is 0 Å². The van der Waals surface area contributed by atoms with Crippen LogP contribution in [0, 0.1) is 0 Å². The SMILES string of the molecule is O=C[C@H](O)[C@@H](O)[C@@H](O)[C@H](O)CO.[NaH].[NaH]. The summed E-state index contributed by atoms with van der Waals surface area (Å²) >= 11 is 0. The van der Waals surface area contributed by atoms with E-state index >= 15 is 0 Å². The average Bonchev–Trinajstić information content (AvgIpc) is 2.12. The third-order valence-corrected chi connectivity index (χ3v) is 1.42. The third kappa shape index (κ3) is 6.86. The standard InChI is InChI=1S/C6H12O6.2Na.2H/c7-1-3(9)5(11)6(12)4(10)2-8;;;;/h1,3-6,8-12H,2H2;;;;/t3-,4+,5+,6-;;;;/m0..../s1. The molecule has 0 aliphatic rings. The van der Waals surface area contributed by atoms with Gasteiger partial charge in [0.05, 0.1) is 6.61 Å². The fourth-order valence-electron chi connectivity index (χ4n) is 0.618. The molecule has 6 nitrogen and oxygen atoms in total. The van der Waals surface area contributed by atoms with Crippen LogP contribution >= 0.6 is 0 Å². The molecular formula is C6H14Na2O6. The summed E-state index contributed by atoms with van der Waals surface area (Å²) in [5.74, 6) is 0. The molecule has 0 aromatic carbocycles. The van der Waals surface area contributed by atoms with Crippen LogP contribution in [0.1, 0.15) is 0 Å². The van der Waals surface area contributed by atoms with E-state index < -0.39 is 31.0 Å². The number of carbonyl (C=O) groups excluding carboxylic acids is 1. The molecular weight excluding hydrogens is 214 g/mol. The summed E-state index contributed by atoms with van der Waals surface area (Å²) in [6.07, 6.45) is -6.84. The fraction of sp³-hybridized carbons (Fsp3) is 0.833. The monoisotopic (exact) mass is 228 g/mol. The molecule has 0 aliphatic heterocycles. The summed E-state index contributed by atoms with van der Waals surface area (Å²) in [6, 6.07) is 0. The average molecular weight is 228 g/mol. The third-order valence-electron chi connectivity index (χ3n) is 1.42. The van der Waals surface area contributed by atoms with Gasteiger partial charge in [-0.15, -0.1) is 0 Å². The normalized spacial score (nSPS) is 18.1. The van der Waals surface area contributed by atoms with Crippen LogP contribution < -0.4 is 0 Å². The first kappa shape index (κ1) is 20.8. The summed E-state index contributed by atoms with van der Waals surface area (Å²) in [5, 5.41) is 43.5. The fourth-order valence-corrected chi connectivity index (χ4v) is 0.618. The van der Waals surface area contributed by atoms with Gasteiger partial charge in [0.2, 0.25) is 0 Å². The van der Waals surface area contributed by atoms with Crippen molar-refractivity contribution in [3.8, 4) is 0 Å². The zero-order chi connectivity index (χ0) is 9.72. The first-order valence-electron chi connectivity index (χ1n) is 3.33. The van der Waals surface area contributed by atoms with E-state index in [-0.39, 0.29) is 65.4 Å². The van der Waals surface area contributed by atoms with Gasteiger partial charge in [-0.2, -0.15) is 0 Å². The van der Waals surface area contributed by atoms with Crippen LogP contribution in [-0.2, 0) is 4.79 Å². The molecule has 8 heteroatoms. The number of hydrogen-bond acceptors (Lipinski definition) is 6. The van der Waals surface area contributed by atoms with Gasteiger partial charge in [0.25, 0.3) is 0 Å². The molecule has 0 unspecified atom stereocenters. The zero-order valence-corrected chi connectivity index (χ0v) is 6.24. The Bertz CT molecular complexity index is 146. The molecule has 0 rings (SSSR count). The van der Waals surface area contributed by atoms with Gasteiger partial charge in [-0.05, 0) is 0 Å². The van der Waals surface area contributed by atoms with Crippen LogP contribution in [0.2, 0.25) is 0 Å². The van der Waals surface area contributed by atoms with Gasteiger partial charge in [-0.25, -0.2) is 0 Å². The maximum absolute atomic E-state index is 9.90. The number of hydrogen-bond donors (Lipinski definition) is 5. The first-order chi connectivity index (χ1) is 5.54. The first-order valence-corrected chi connectivity index (χ1v) is 3.33. The number of rotatable bonds is 5. The predicted octanol–water partition coefficient (Wildman–Crippen LogP) is -4.68. The van der Waals surface area contributed by atoms with Gasteiger partial charge in [0.15, 0.2) is 6.29 Å². The number of carbonyl (C=O) groups is 1. The van der Waals surface area contributed by atoms with E-state index in [1.54, 1.807) is 0 Å². The molecule has 76 valence electrons. The zero-order valence-electron chi connectivity index (χ0n) is 6.24. The molecule has 5 N–H and O–H groups in total. The summed E-state index contributed by atoms with van der Waals surface area (Å²) in [4.78, 5) is 9.90. The molecule has 0 spiro atoms. The summed E-state index contributed by atoms with van der Waals surface area (Å²) in [7, 11) is 0. The summed E-state index contributed by atoms with van der Waals surface area (Å²) in [5.41, 5.74) is 0. The van der Waals surface area contributed by atoms with Crippen LogP contribution in [-0.4, -0.2) is 122 Å². The van der Waals surface area contributed by atoms with Crippen molar-refractivity contribution in [2.75, 3.05) is 6.61 Å². The van der Waals surface area contributed by atoms with Crippen LogP contribution in [0.15, 0.2) is 0 Å². The van der Waals surface area contributed by atoms with Gasteiger partial charge < -0.3 is 30.3 Å². The van der Waals surface area contributed by atoms with Crippen LogP contribution in [0.3, 0.4) is 0 Å². The van der Waals surface area contributed by atoms with Crippen molar-refractivity contribution in [2.45, 2.75) is 24.4 Å². The van der Waals surface area contributed by atoms with E-state index in [1.165, 1.54) is 0 Å². The van der Waals surface area contributed by atoms with E-state index in [0.29, 0.717) is 0 Å². The molecule has 0 saturated heterocycles. The second kappa shape index (κ2) is 11.0. The van der Waals surface area contributed by atoms with Gasteiger partial charge in [0.1, 0.15) is 24.4 Å². The quantitative estimate of drug-likeness (QED) is 0.238. The second-order valence-corrected chi connectivity index (χ2v) is 2.36. The van der Waals surface area contributed by atoms with E-state index in [1.807, 2.05) is 0 Å². The van der Waals surface area contributed by atoms with Crippen LogP contribution in [0.4, 0.5) is 0 Å². The van der Waals surface area contributed by atoms with Crippen molar-refractivity contribution in [1.82, 2.24) is 0 Å².